The van der Waals surface area contributed by atoms with E-state index in [9.17, 15) is 0 Å². The molecule has 2 aromatic carbocycles. The zero-order chi connectivity index (χ0) is 14.8. The number of anilines is 1. The molecule has 1 N–H and O–H groups in total. The molecule has 21 heavy (non-hydrogen) atoms. The number of hydrogen-bond acceptors (Lipinski definition) is 2. The fraction of sp³-hybridized carbons (Fsp3) is 0.188. The summed E-state index contributed by atoms with van der Waals surface area (Å²) in [6.07, 6.45) is 0. The lowest BCUT2D eigenvalue weighted by Gasteiger charge is -2.06. The number of nitrogens with zero attached hydrogens (tertiary/aromatic N) is 2. The lowest BCUT2D eigenvalue weighted by Crippen LogP contribution is -2.02. The third kappa shape index (κ3) is 2.85. The highest BCUT2D eigenvalue weighted by atomic mass is 35.5. The molecule has 1 heterocycles. The Balaban J connectivity index is 1.86. The minimum atomic E-state index is 0.547. The van der Waals surface area contributed by atoms with Crippen molar-refractivity contribution in [2.24, 2.45) is 0 Å². The average Bonchev–Trinajstić information content (AvgIpc) is 2.87. The van der Waals surface area contributed by atoms with Crippen LogP contribution in [0.3, 0.4) is 0 Å². The van der Waals surface area contributed by atoms with E-state index < -0.39 is 0 Å². The monoisotopic (exact) mass is 319 g/mol. The van der Waals surface area contributed by atoms with Gasteiger partial charge in [-0.3, -0.25) is 4.68 Å². The summed E-state index contributed by atoms with van der Waals surface area (Å²) in [5, 5.41) is 10.3. The van der Waals surface area contributed by atoms with Crippen LogP contribution in [-0.4, -0.2) is 9.78 Å². The van der Waals surface area contributed by atoms with Crippen molar-refractivity contribution >= 4 is 39.8 Å². The van der Waals surface area contributed by atoms with Crippen molar-refractivity contribution in [1.29, 1.82) is 0 Å². The Labute approximate surface area is 133 Å². The van der Waals surface area contributed by atoms with Crippen molar-refractivity contribution in [3.63, 3.8) is 0 Å². The van der Waals surface area contributed by atoms with E-state index in [0.29, 0.717) is 16.6 Å². The van der Waals surface area contributed by atoms with Crippen molar-refractivity contribution in [2.45, 2.75) is 20.0 Å². The molecule has 0 aliphatic heterocycles. The van der Waals surface area contributed by atoms with E-state index in [0.717, 1.165) is 23.4 Å². The van der Waals surface area contributed by atoms with Gasteiger partial charge in [-0.1, -0.05) is 41.4 Å². The van der Waals surface area contributed by atoms with Gasteiger partial charge in [-0.05, 0) is 31.2 Å². The predicted molar refractivity (Wildman–Crippen MR) is 89.2 cm³/mol. The van der Waals surface area contributed by atoms with E-state index >= 15 is 0 Å². The molecule has 3 aromatic rings. The maximum atomic E-state index is 6.03. The summed E-state index contributed by atoms with van der Waals surface area (Å²) >= 11 is 11.9. The number of aromatic nitrogens is 2. The smallest absolute Gasteiger partial charge is 0.0894 e. The molecule has 0 aliphatic carbocycles. The first-order chi connectivity index (χ1) is 10.2. The molecule has 108 valence electrons. The first kappa shape index (κ1) is 14.2. The Morgan fingerprint density at radius 2 is 1.90 bits per heavy atom. The molecule has 0 spiro atoms. The van der Waals surface area contributed by atoms with Gasteiger partial charge >= 0.3 is 0 Å². The van der Waals surface area contributed by atoms with Gasteiger partial charge < -0.3 is 5.32 Å². The molecular formula is C16H15Cl2N3. The topological polar surface area (TPSA) is 29.9 Å². The first-order valence-electron chi connectivity index (χ1n) is 6.82. The molecule has 0 radical (unpaired) electrons. The number of benzene rings is 2. The molecule has 0 saturated heterocycles. The highest BCUT2D eigenvalue weighted by Crippen LogP contribution is 2.26. The van der Waals surface area contributed by atoms with Crippen LogP contribution in [0.4, 0.5) is 5.69 Å². The molecule has 3 rings (SSSR count). The molecule has 5 heteroatoms. The number of halogens is 2. The molecule has 0 saturated carbocycles. The van der Waals surface area contributed by atoms with E-state index in [2.05, 4.69) is 29.5 Å². The van der Waals surface area contributed by atoms with Gasteiger partial charge in [-0.25, -0.2) is 0 Å². The second kappa shape index (κ2) is 5.96. The maximum absolute atomic E-state index is 6.03. The van der Waals surface area contributed by atoms with Crippen molar-refractivity contribution in [3.8, 4) is 0 Å². The van der Waals surface area contributed by atoms with Crippen molar-refractivity contribution in [3.05, 3.63) is 58.2 Å². The van der Waals surface area contributed by atoms with Crippen LogP contribution < -0.4 is 5.32 Å². The quantitative estimate of drug-likeness (QED) is 0.735. The van der Waals surface area contributed by atoms with Gasteiger partial charge in [0, 0.05) is 17.6 Å². The molecule has 1 aromatic heterocycles. The maximum Gasteiger partial charge on any atom is 0.0894 e. The van der Waals surface area contributed by atoms with Crippen molar-refractivity contribution < 1.29 is 0 Å². The third-order valence-electron chi connectivity index (χ3n) is 3.41. The van der Waals surface area contributed by atoms with Crippen LogP contribution in [0.1, 0.15) is 12.6 Å². The summed E-state index contributed by atoms with van der Waals surface area (Å²) in [6, 6.07) is 13.8. The molecule has 0 unspecified atom stereocenters. The number of aryl methyl sites for hydroxylation is 1. The molecule has 0 amide bonds. The second-order valence-electron chi connectivity index (χ2n) is 4.76. The highest BCUT2D eigenvalue weighted by molar-refractivity contribution is 6.42. The van der Waals surface area contributed by atoms with Crippen molar-refractivity contribution in [1.82, 2.24) is 9.78 Å². The van der Waals surface area contributed by atoms with Crippen LogP contribution in [0, 0.1) is 0 Å². The Kier molecular flexibility index (Phi) is 4.04. The number of fused-ring (bicyclic) bond motifs is 1. The van der Waals surface area contributed by atoms with E-state index in [4.69, 9.17) is 23.2 Å². The standard InChI is InChI=1S/C16H15Cl2N3/c1-2-21-16-6-4-3-5-12(16)15(20-21)10-19-11-7-8-13(17)14(18)9-11/h3-9,19H,2,10H2,1H3. The highest BCUT2D eigenvalue weighted by Gasteiger charge is 2.09. The van der Waals surface area contributed by atoms with Crippen LogP contribution in [0.2, 0.25) is 10.0 Å². The van der Waals surface area contributed by atoms with Gasteiger partial charge in [0.05, 0.1) is 27.8 Å². The van der Waals surface area contributed by atoms with Crippen LogP contribution in [0.25, 0.3) is 10.9 Å². The Hall–Kier alpha value is -1.71. The fourth-order valence-corrected chi connectivity index (χ4v) is 2.66. The molecule has 0 aliphatic rings. The molecule has 3 nitrogen and oxygen atoms in total. The third-order valence-corrected chi connectivity index (χ3v) is 4.15. The minimum Gasteiger partial charge on any atom is -0.379 e. The minimum absolute atomic E-state index is 0.547. The summed E-state index contributed by atoms with van der Waals surface area (Å²) in [7, 11) is 0. The number of hydrogen-bond donors (Lipinski definition) is 1. The normalized spacial score (nSPS) is 11.0. The lowest BCUT2D eigenvalue weighted by molar-refractivity contribution is 0.671. The van der Waals surface area contributed by atoms with Crippen LogP contribution in [0.5, 0.6) is 0 Å². The number of para-hydroxylation sites is 1. The van der Waals surface area contributed by atoms with Crippen LogP contribution in [0.15, 0.2) is 42.5 Å². The van der Waals surface area contributed by atoms with E-state index in [-0.39, 0.29) is 0 Å². The molecule has 0 bridgehead atoms. The predicted octanol–water partition coefficient (Wildman–Crippen LogP) is 4.98. The summed E-state index contributed by atoms with van der Waals surface area (Å²) in [4.78, 5) is 0. The lowest BCUT2D eigenvalue weighted by atomic mass is 10.2. The summed E-state index contributed by atoms with van der Waals surface area (Å²) in [5.74, 6) is 0. The van der Waals surface area contributed by atoms with Gasteiger partial charge in [0.15, 0.2) is 0 Å². The molecular weight excluding hydrogens is 305 g/mol. The van der Waals surface area contributed by atoms with Gasteiger partial charge in [0.25, 0.3) is 0 Å². The largest absolute Gasteiger partial charge is 0.379 e. The summed E-state index contributed by atoms with van der Waals surface area (Å²) in [6.45, 7) is 3.59. The zero-order valence-corrected chi connectivity index (χ0v) is 13.1. The van der Waals surface area contributed by atoms with E-state index in [1.54, 1.807) is 6.07 Å². The van der Waals surface area contributed by atoms with Crippen LogP contribution >= 0.6 is 23.2 Å². The average molecular weight is 320 g/mol. The SMILES string of the molecule is CCn1nc(CNc2ccc(Cl)c(Cl)c2)c2ccccc21. The van der Waals surface area contributed by atoms with E-state index in [1.807, 2.05) is 28.9 Å². The van der Waals surface area contributed by atoms with Gasteiger partial charge in [-0.15, -0.1) is 0 Å². The van der Waals surface area contributed by atoms with Crippen molar-refractivity contribution in [2.75, 3.05) is 5.32 Å². The number of rotatable bonds is 4. The zero-order valence-electron chi connectivity index (χ0n) is 11.6. The molecule has 0 fully saturated rings. The van der Waals surface area contributed by atoms with Gasteiger partial charge in [-0.2, -0.15) is 5.10 Å². The Morgan fingerprint density at radius 1 is 1.10 bits per heavy atom. The Morgan fingerprint density at radius 3 is 2.67 bits per heavy atom. The number of nitrogens with one attached hydrogen (secondary N) is 1. The fourth-order valence-electron chi connectivity index (χ4n) is 2.36. The summed E-state index contributed by atoms with van der Waals surface area (Å²) < 4.78 is 2.02. The van der Waals surface area contributed by atoms with E-state index in [1.165, 1.54) is 5.39 Å². The van der Waals surface area contributed by atoms with Gasteiger partial charge in [0.2, 0.25) is 0 Å². The summed E-state index contributed by atoms with van der Waals surface area (Å²) in [5.41, 5.74) is 3.11. The van der Waals surface area contributed by atoms with Gasteiger partial charge in [0.1, 0.15) is 0 Å². The second-order valence-corrected chi connectivity index (χ2v) is 5.58. The molecule has 0 atom stereocenters. The Bertz CT molecular complexity index is 780. The first-order valence-corrected chi connectivity index (χ1v) is 7.58. The van der Waals surface area contributed by atoms with Crippen LogP contribution in [-0.2, 0) is 13.1 Å².